The number of hydroxylamine groups is 2. The molecule has 0 N–H and O–H groups in total. The number of ether oxygens (including phenoxy) is 1. The number of carbonyl (C=O) groups is 3. The van der Waals surface area contributed by atoms with Gasteiger partial charge in [-0.3, -0.25) is 9.59 Å². The quantitative estimate of drug-likeness (QED) is 0.612. The normalized spacial score (nSPS) is 14.9. The van der Waals surface area contributed by atoms with Gasteiger partial charge in [-0.05, 0) is 23.8 Å². The first-order valence-electron chi connectivity index (χ1n) is 6.00. The van der Waals surface area contributed by atoms with Crippen molar-refractivity contribution in [2.75, 3.05) is 7.11 Å². The second kappa shape index (κ2) is 6.01. The molecule has 1 aromatic carbocycles. The van der Waals surface area contributed by atoms with Gasteiger partial charge in [0.25, 0.3) is 11.8 Å². The molecule has 0 unspecified atom stereocenters. The Morgan fingerprint density at radius 1 is 1.15 bits per heavy atom. The van der Waals surface area contributed by atoms with E-state index in [0.717, 1.165) is 11.6 Å². The summed E-state index contributed by atoms with van der Waals surface area (Å²) < 4.78 is 5.01. The lowest BCUT2D eigenvalue weighted by atomic mass is 10.2. The van der Waals surface area contributed by atoms with Crippen molar-refractivity contribution in [3.05, 3.63) is 35.9 Å². The van der Waals surface area contributed by atoms with Gasteiger partial charge < -0.3 is 9.57 Å². The van der Waals surface area contributed by atoms with Gasteiger partial charge in [0.1, 0.15) is 5.75 Å². The van der Waals surface area contributed by atoms with Crippen LogP contribution >= 0.6 is 0 Å². The van der Waals surface area contributed by atoms with E-state index in [1.165, 1.54) is 6.08 Å². The largest absolute Gasteiger partial charge is 0.497 e. The van der Waals surface area contributed by atoms with Crippen molar-refractivity contribution >= 4 is 23.9 Å². The van der Waals surface area contributed by atoms with E-state index in [1.807, 2.05) is 0 Å². The number of nitrogens with zero attached hydrogens (tertiary/aromatic N) is 1. The maximum atomic E-state index is 11.5. The van der Waals surface area contributed by atoms with Crippen LogP contribution in [-0.4, -0.2) is 30.0 Å². The van der Waals surface area contributed by atoms with E-state index in [0.29, 0.717) is 10.8 Å². The molecule has 1 fully saturated rings. The molecule has 0 radical (unpaired) electrons. The van der Waals surface area contributed by atoms with Crippen LogP contribution in [0.1, 0.15) is 18.4 Å². The highest BCUT2D eigenvalue weighted by molar-refractivity contribution is 6.02. The van der Waals surface area contributed by atoms with Gasteiger partial charge in [0.2, 0.25) is 0 Å². The first kappa shape index (κ1) is 13.8. The molecule has 6 nitrogen and oxygen atoms in total. The van der Waals surface area contributed by atoms with Gasteiger partial charge in [0, 0.05) is 18.9 Å². The van der Waals surface area contributed by atoms with Crippen molar-refractivity contribution in [3.63, 3.8) is 0 Å². The Morgan fingerprint density at radius 2 is 1.75 bits per heavy atom. The molecule has 1 heterocycles. The maximum Gasteiger partial charge on any atom is 0.356 e. The minimum absolute atomic E-state index is 0.0777. The molecule has 2 rings (SSSR count). The monoisotopic (exact) mass is 275 g/mol. The molecule has 0 atom stereocenters. The zero-order valence-electron chi connectivity index (χ0n) is 10.9. The number of hydrogen-bond acceptors (Lipinski definition) is 5. The van der Waals surface area contributed by atoms with E-state index in [-0.39, 0.29) is 12.8 Å². The highest BCUT2D eigenvalue weighted by atomic mass is 16.7. The summed E-state index contributed by atoms with van der Waals surface area (Å²) in [5.74, 6) is -1.07. The first-order chi connectivity index (χ1) is 9.60. The third-order valence-corrected chi connectivity index (χ3v) is 2.71. The summed E-state index contributed by atoms with van der Waals surface area (Å²) in [5.41, 5.74) is 0.766. The van der Waals surface area contributed by atoms with Gasteiger partial charge in [-0.15, -0.1) is 5.06 Å². The molecule has 0 spiro atoms. The zero-order chi connectivity index (χ0) is 14.5. The average Bonchev–Trinajstić information content (AvgIpc) is 2.77. The van der Waals surface area contributed by atoms with Crippen LogP contribution in [0.15, 0.2) is 30.3 Å². The lowest BCUT2D eigenvalue weighted by Gasteiger charge is -2.10. The van der Waals surface area contributed by atoms with Crippen molar-refractivity contribution in [2.45, 2.75) is 12.8 Å². The van der Waals surface area contributed by atoms with Crippen LogP contribution in [0.3, 0.4) is 0 Å². The van der Waals surface area contributed by atoms with E-state index in [2.05, 4.69) is 4.84 Å². The molecule has 0 bridgehead atoms. The number of hydrogen-bond donors (Lipinski definition) is 0. The van der Waals surface area contributed by atoms with Gasteiger partial charge >= 0.3 is 5.97 Å². The summed E-state index contributed by atoms with van der Waals surface area (Å²) in [4.78, 5) is 38.7. The fourth-order valence-corrected chi connectivity index (χ4v) is 1.66. The Balaban J connectivity index is 1.94. The van der Waals surface area contributed by atoms with Crippen LogP contribution in [0, 0.1) is 0 Å². The Morgan fingerprint density at radius 3 is 2.30 bits per heavy atom. The van der Waals surface area contributed by atoms with Crippen molar-refractivity contribution in [1.29, 1.82) is 0 Å². The maximum absolute atomic E-state index is 11.5. The predicted molar refractivity (Wildman–Crippen MR) is 69.2 cm³/mol. The minimum atomic E-state index is -0.774. The Hall–Kier alpha value is -2.63. The molecule has 1 aliphatic rings. The summed E-state index contributed by atoms with van der Waals surface area (Å²) in [5, 5.41) is 0.515. The molecule has 6 heteroatoms. The van der Waals surface area contributed by atoms with Crippen LogP contribution in [-0.2, 0) is 19.2 Å². The number of methoxy groups -OCH3 is 1. The molecule has 20 heavy (non-hydrogen) atoms. The molecule has 104 valence electrons. The minimum Gasteiger partial charge on any atom is -0.497 e. The fraction of sp³-hybridized carbons (Fsp3) is 0.214. The summed E-state index contributed by atoms with van der Waals surface area (Å²) in [6.07, 6.45) is 2.83. The molecule has 1 aliphatic heterocycles. The summed E-state index contributed by atoms with van der Waals surface area (Å²) in [6.45, 7) is 0. The molecule has 1 saturated heterocycles. The number of benzene rings is 1. The molecular formula is C14H13NO5. The van der Waals surface area contributed by atoms with E-state index in [9.17, 15) is 14.4 Å². The standard InChI is InChI=1S/C14H13NO5/c1-19-11-5-2-10(3-6-11)4-9-14(18)20-15-12(16)7-8-13(15)17/h2-6,9H,7-8H2,1H3/b9-4-. The van der Waals surface area contributed by atoms with Gasteiger partial charge in [-0.25, -0.2) is 4.79 Å². The van der Waals surface area contributed by atoms with E-state index in [1.54, 1.807) is 31.4 Å². The van der Waals surface area contributed by atoms with Crippen LogP contribution in [0.2, 0.25) is 0 Å². The number of amides is 2. The van der Waals surface area contributed by atoms with Crippen LogP contribution in [0.5, 0.6) is 5.75 Å². The highest BCUT2D eigenvalue weighted by Crippen LogP contribution is 2.14. The van der Waals surface area contributed by atoms with Gasteiger partial charge in [-0.2, -0.15) is 0 Å². The summed E-state index contributed by atoms with van der Waals surface area (Å²) >= 11 is 0. The third-order valence-electron chi connectivity index (χ3n) is 2.71. The van der Waals surface area contributed by atoms with Crippen LogP contribution in [0.25, 0.3) is 6.08 Å². The summed E-state index contributed by atoms with van der Waals surface area (Å²) in [7, 11) is 1.56. The Labute approximate surface area is 115 Å². The van der Waals surface area contributed by atoms with Crippen LogP contribution < -0.4 is 4.74 Å². The molecule has 0 aliphatic carbocycles. The van der Waals surface area contributed by atoms with Crippen molar-refractivity contribution < 1.29 is 24.0 Å². The fourth-order valence-electron chi connectivity index (χ4n) is 1.66. The van der Waals surface area contributed by atoms with E-state index in [4.69, 9.17) is 4.74 Å². The first-order valence-corrected chi connectivity index (χ1v) is 6.00. The number of rotatable bonds is 4. The lowest BCUT2D eigenvalue weighted by molar-refractivity contribution is -0.193. The number of imide groups is 1. The van der Waals surface area contributed by atoms with Crippen LogP contribution in [0.4, 0.5) is 0 Å². The highest BCUT2D eigenvalue weighted by Gasteiger charge is 2.32. The second-order valence-corrected chi connectivity index (χ2v) is 4.10. The SMILES string of the molecule is COc1ccc(/C=C\C(=O)ON2C(=O)CCC2=O)cc1. The predicted octanol–water partition coefficient (Wildman–Crippen LogP) is 1.32. The zero-order valence-corrected chi connectivity index (χ0v) is 10.9. The average molecular weight is 275 g/mol. The molecule has 0 saturated carbocycles. The van der Waals surface area contributed by atoms with Gasteiger partial charge in [0.05, 0.1) is 7.11 Å². The van der Waals surface area contributed by atoms with Gasteiger partial charge in [0.15, 0.2) is 0 Å². The number of carbonyl (C=O) groups excluding carboxylic acids is 3. The smallest absolute Gasteiger partial charge is 0.356 e. The van der Waals surface area contributed by atoms with Crippen molar-refractivity contribution in [2.24, 2.45) is 0 Å². The molecule has 0 aromatic heterocycles. The molecule has 2 amide bonds. The van der Waals surface area contributed by atoms with Gasteiger partial charge in [-0.1, -0.05) is 12.1 Å². The molecular weight excluding hydrogens is 262 g/mol. The summed E-state index contributed by atoms with van der Waals surface area (Å²) in [6, 6.07) is 7.01. The van der Waals surface area contributed by atoms with E-state index >= 15 is 0 Å². The third kappa shape index (κ3) is 3.23. The van der Waals surface area contributed by atoms with E-state index < -0.39 is 17.8 Å². The second-order valence-electron chi connectivity index (χ2n) is 4.10. The van der Waals surface area contributed by atoms with Crippen molar-refractivity contribution in [1.82, 2.24) is 5.06 Å². The Kier molecular flexibility index (Phi) is 4.14. The molecule has 1 aromatic rings. The lowest BCUT2D eigenvalue weighted by Crippen LogP contribution is -2.31. The topological polar surface area (TPSA) is 72.9 Å². The van der Waals surface area contributed by atoms with Crippen molar-refractivity contribution in [3.8, 4) is 5.75 Å². The Bertz CT molecular complexity index is 545.